The molecule has 0 unspecified atom stereocenters. The van der Waals surface area contributed by atoms with E-state index in [1.807, 2.05) is 0 Å². The second-order valence-electron chi connectivity index (χ2n) is 4.27. The maximum absolute atomic E-state index is 5.47. The molecule has 0 aromatic carbocycles. The van der Waals surface area contributed by atoms with Gasteiger partial charge in [-0.15, -0.1) is 32.8 Å². The van der Waals surface area contributed by atoms with E-state index < -0.39 is 0 Å². The molecule has 0 spiro atoms. The molecular weight excluding hydrogens is 356 g/mol. The van der Waals surface area contributed by atoms with Gasteiger partial charge in [0.15, 0.2) is 0 Å². The maximum Gasteiger partial charge on any atom is 0.262 e. The lowest BCUT2D eigenvalue weighted by Gasteiger charge is -1.98. The Hall–Kier alpha value is -3.95. The molecule has 0 saturated carbocycles. The molecule has 0 atom stereocenters. The zero-order chi connectivity index (χ0) is 17.4. The topological polar surface area (TPSA) is 268 Å². The van der Waals surface area contributed by atoms with E-state index in [9.17, 15) is 0 Å². The number of anilines is 6. The molecule has 17 heteroatoms. The molecular formula is C8H13ClN16. The highest BCUT2D eigenvalue weighted by Crippen LogP contribution is 2.09. The summed E-state index contributed by atoms with van der Waals surface area (Å²) in [6.45, 7) is 0. The minimum Gasteiger partial charge on any atom is -0.369 e. The van der Waals surface area contributed by atoms with Crippen molar-refractivity contribution in [2.45, 2.75) is 0 Å². The van der Waals surface area contributed by atoms with Gasteiger partial charge in [-0.2, -0.15) is 19.9 Å². The van der Waals surface area contributed by atoms with Gasteiger partial charge in [0, 0.05) is 0 Å². The number of nitrogen functional groups attached to an aromatic ring is 6. The fourth-order valence-corrected chi connectivity index (χ4v) is 1.75. The van der Waals surface area contributed by atoms with Crippen LogP contribution in [-0.2, 0) is 0 Å². The van der Waals surface area contributed by atoms with Crippen molar-refractivity contribution in [3.63, 3.8) is 0 Å². The lowest BCUT2D eigenvalue weighted by molar-refractivity contribution is 1.04. The van der Waals surface area contributed by atoms with Crippen molar-refractivity contribution in [1.82, 2.24) is 49.1 Å². The number of halogens is 1. The molecule has 0 amide bonds. The minimum atomic E-state index is 0. The standard InChI is InChI=1S/2C4H6N8.ClH/c2*5-1-8-2(6)12-3(7)10-11-4(12)9-1;/h2*(H2,7,10)(H4,5,6,8,9,11);1H. The summed E-state index contributed by atoms with van der Waals surface area (Å²) in [5.74, 6) is 1.12. The molecule has 25 heavy (non-hydrogen) atoms. The number of rotatable bonds is 0. The monoisotopic (exact) mass is 368 g/mol. The summed E-state index contributed by atoms with van der Waals surface area (Å²) in [6.07, 6.45) is 0. The van der Waals surface area contributed by atoms with Crippen LogP contribution in [0.2, 0.25) is 0 Å². The van der Waals surface area contributed by atoms with Crippen LogP contribution in [0.4, 0.5) is 35.7 Å². The molecule has 0 fully saturated rings. The van der Waals surface area contributed by atoms with Crippen LogP contribution in [0.1, 0.15) is 0 Å². The van der Waals surface area contributed by atoms with Gasteiger partial charge in [0.25, 0.3) is 11.6 Å². The van der Waals surface area contributed by atoms with E-state index in [1.165, 1.54) is 8.80 Å². The van der Waals surface area contributed by atoms with Gasteiger partial charge < -0.3 is 34.4 Å². The van der Waals surface area contributed by atoms with Crippen molar-refractivity contribution in [3.05, 3.63) is 0 Å². The van der Waals surface area contributed by atoms with Crippen LogP contribution < -0.4 is 34.4 Å². The van der Waals surface area contributed by atoms with Crippen molar-refractivity contribution in [2.24, 2.45) is 0 Å². The highest BCUT2D eigenvalue weighted by molar-refractivity contribution is 5.85. The first-order chi connectivity index (χ1) is 11.4. The van der Waals surface area contributed by atoms with Crippen molar-refractivity contribution in [3.8, 4) is 0 Å². The highest BCUT2D eigenvalue weighted by Gasteiger charge is 2.08. The van der Waals surface area contributed by atoms with Gasteiger partial charge >= 0.3 is 0 Å². The summed E-state index contributed by atoms with van der Waals surface area (Å²) < 4.78 is 2.60. The molecule has 0 saturated heterocycles. The molecule has 4 aromatic heterocycles. The quantitative estimate of drug-likeness (QED) is 0.180. The van der Waals surface area contributed by atoms with Gasteiger partial charge in [0.2, 0.25) is 35.7 Å². The van der Waals surface area contributed by atoms with E-state index in [2.05, 4.69) is 40.3 Å². The molecule has 4 heterocycles. The molecule has 16 nitrogen and oxygen atoms in total. The minimum absolute atomic E-state index is 0. The third-order valence-electron chi connectivity index (χ3n) is 2.69. The van der Waals surface area contributed by atoms with Gasteiger partial charge in [-0.3, -0.25) is 0 Å². The fraction of sp³-hybridized carbons (Fsp3) is 0. The van der Waals surface area contributed by atoms with Crippen LogP contribution in [0.3, 0.4) is 0 Å². The predicted octanol–water partition coefficient (Wildman–Crippen LogP) is -3.05. The normalized spacial score (nSPS) is 10.2. The molecule has 4 rings (SSSR count). The molecule has 0 radical (unpaired) electrons. The van der Waals surface area contributed by atoms with Crippen molar-refractivity contribution in [2.75, 3.05) is 34.4 Å². The van der Waals surface area contributed by atoms with Crippen molar-refractivity contribution < 1.29 is 0 Å². The van der Waals surface area contributed by atoms with E-state index in [1.54, 1.807) is 0 Å². The average Bonchev–Trinajstić information content (AvgIpc) is 3.03. The van der Waals surface area contributed by atoms with E-state index in [0.717, 1.165) is 0 Å². The fourth-order valence-electron chi connectivity index (χ4n) is 1.75. The highest BCUT2D eigenvalue weighted by atomic mass is 35.5. The first-order valence-corrected chi connectivity index (χ1v) is 6.16. The molecule has 12 N–H and O–H groups in total. The van der Waals surface area contributed by atoms with Gasteiger partial charge in [0.05, 0.1) is 0 Å². The molecule has 4 aromatic rings. The van der Waals surface area contributed by atoms with E-state index in [-0.39, 0.29) is 59.7 Å². The van der Waals surface area contributed by atoms with E-state index in [0.29, 0.717) is 0 Å². The largest absolute Gasteiger partial charge is 0.369 e. The number of hydrogen-bond donors (Lipinski definition) is 6. The van der Waals surface area contributed by atoms with Crippen molar-refractivity contribution in [1.29, 1.82) is 0 Å². The maximum atomic E-state index is 5.47. The van der Waals surface area contributed by atoms with Crippen LogP contribution >= 0.6 is 12.4 Å². The van der Waals surface area contributed by atoms with Crippen LogP contribution in [0.25, 0.3) is 11.6 Å². The lowest BCUT2D eigenvalue weighted by atomic mass is 10.8. The smallest absolute Gasteiger partial charge is 0.262 e. The predicted molar refractivity (Wildman–Crippen MR) is 90.9 cm³/mol. The molecule has 0 aliphatic heterocycles. The lowest BCUT2D eigenvalue weighted by Crippen LogP contribution is -2.07. The van der Waals surface area contributed by atoms with Crippen LogP contribution in [0, 0.1) is 0 Å². The molecule has 0 bridgehead atoms. The summed E-state index contributed by atoms with van der Waals surface area (Å²) >= 11 is 0. The zero-order valence-corrected chi connectivity index (χ0v) is 13.2. The Morgan fingerprint density at radius 3 is 1.20 bits per heavy atom. The Morgan fingerprint density at radius 1 is 0.480 bits per heavy atom. The Balaban J connectivity index is 0.000000173. The number of fused-ring (bicyclic) bond motifs is 2. The third kappa shape index (κ3) is 3.08. The second kappa shape index (κ2) is 6.28. The number of aromatic nitrogens is 10. The molecule has 0 aliphatic rings. The Bertz CT molecular complexity index is 950. The average molecular weight is 369 g/mol. The zero-order valence-electron chi connectivity index (χ0n) is 12.3. The number of hydrogen-bond acceptors (Lipinski definition) is 14. The number of nitrogens with two attached hydrogens (primary N) is 6. The van der Waals surface area contributed by atoms with Crippen LogP contribution in [0.5, 0.6) is 0 Å². The summed E-state index contributed by atoms with van der Waals surface area (Å²) in [5.41, 5.74) is 32.4. The summed E-state index contributed by atoms with van der Waals surface area (Å²) in [6, 6.07) is 0. The second-order valence-corrected chi connectivity index (χ2v) is 4.27. The summed E-state index contributed by atoms with van der Waals surface area (Å²) in [7, 11) is 0. The van der Waals surface area contributed by atoms with E-state index in [4.69, 9.17) is 34.4 Å². The van der Waals surface area contributed by atoms with Gasteiger partial charge in [0.1, 0.15) is 0 Å². The Labute approximate surface area is 144 Å². The first-order valence-electron chi connectivity index (χ1n) is 6.16. The number of nitrogens with zero attached hydrogens (tertiary/aromatic N) is 10. The Kier molecular flexibility index (Phi) is 4.37. The summed E-state index contributed by atoms with van der Waals surface area (Å²) in [4.78, 5) is 14.9. The van der Waals surface area contributed by atoms with Crippen LogP contribution in [0.15, 0.2) is 0 Å². The van der Waals surface area contributed by atoms with Crippen molar-refractivity contribution >= 4 is 59.7 Å². The van der Waals surface area contributed by atoms with E-state index >= 15 is 0 Å². The van der Waals surface area contributed by atoms with Gasteiger partial charge in [-0.05, 0) is 0 Å². The SMILES string of the molecule is Cl.Nc1nc(N)n2c(N)nnc2n1.Nc1nc(N)n2c(N)nnc2n1. The summed E-state index contributed by atoms with van der Waals surface area (Å²) in [5, 5.41) is 14.3. The van der Waals surface area contributed by atoms with Gasteiger partial charge in [-0.25, -0.2) is 8.80 Å². The third-order valence-corrected chi connectivity index (χ3v) is 2.69. The Morgan fingerprint density at radius 2 is 0.840 bits per heavy atom. The van der Waals surface area contributed by atoms with Crippen LogP contribution in [-0.4, -0.2) is 49.1 Å². The molecule has 0 aliphatic carbocycles. The van der Waals surface area contributed by atoms with Gasteiger partial charge in [-0.1, -0.05) is 0 Å². The first kappa shape index (κ1) is 17.4. The molecule has 132 valence electrons.